The van der Waals surface area contributed by atoms with E-state index in [9.17, 15) is 9.90 Å². The summed E-state index contributed by atoms with van der Waals surface area (Å²) in [7, 11) is 0. The normalized spacial score (nSPS) is 44.1. The van der Waals surface area contributed by atoms with Crippen LogP contribution in [0.25, 0.3) is 16.5 Å². The van der Waals surface area contributed by atoms with E-state index in [2.05, 4.69) is 64.7 Å². The largest absolute Gasteiger partial charge is 0.385 e. The molecule has 3 fully saturated rings. The summed E-state index contributed by atoms with van der Waals surface area (Å²) in [5, 5.41) is 14.2. The van der Waals surface area contributed by atoms with Gasteiger partial charge in [-0.25, -0.2) is 0 Å². The topological polar surface area (TPSA) is 80.8 Å². The number of aliphatic hydroxyl groups is 1. The zero-order valence-electron chi connectivity index (χ0n) is 26.9. The fourth-order valence-electron chi connectivity index (χ4n) is 11.4. The van der Waals surface area contributed by atoms with Gasteiger partial charge in [0.1, 0.15) is 5.60 Å². The van der Waals surface area contributed by atoms with E-state index >= 15 is 0 Å². The third kappa shape index (κ3) is 2.94. The van der Waals surface area contributed by atoms with Crippen LogP contribution in [-0.4, -0.2) is 50.2 Å². The van der Waals surface area contributed by atoms with E-state index in [0.29, 0.717) is 30.3 Å². The van der Waals surface area contributed by atoms with Crippen LogP contribution in [0.4, 0.5) is 0 Å². The predicted octanol–water partition coefficient (Wildman–Crippen LogP) is 6.47. The lowest BCUT2D eigenvalue weighted by atomic mass is 9.42. The fourth-order valence-corrected chi connectivity index (χ4v) is 11.4. The second kappa shape index (κ2) is 7.41. The molecule has 7 atom stereocenters. The smallest absolute Gasteiger partial charge is 0.195 e. The summed E-state index contributed by atoms with van der Waals surface area (Å²) >= 11 is 0. The van der Waals surface area contributed by atoms with E-state index in [-0.39, 0.29) is 22.4 Å². The molecule has 3 aliphatic heterocycles. The molecular formula is C37H45NO5. The van der Waals surface area contributed by atoms with Crippen LogP contribution in [0.3, 0.4) is 0 Å². The number of benzene rings is 1. The average Bonchev–Trinajstić information content (AvgIpc) is 3.58. The Morgan fingerprint density at radius 1 is 0.930 bits per heavy atom. The molecule has 6 nitrogen and oxygen atoms in total. The lowest BCUT2D eigenvalue weighted by Crippen LogP contribution is -2.69. The van der Waals surface area contributed by atoms with Crippen LogP contribution in [0, 0.1) is 17.3 Å². The van der Waals surface area contributed by atoms with Gasteiger partial charge in [-0.05, 0) is 126 Å². The van der Waals surface area contributed by atoms with Gasteiger partial charge in [-0.3, -0.25) is 4.79 Å². The highest BCUT2D eigenvalue weighted by molar-refractivity contribution is 5.97. The first-order valence-corrected chi connectivity index (χ1v) is 16.4. The number of fused-ring (bicyclic) bond motifs is 12. The molecule has 9 rings (SSSR count). The van der Waals surface area contributed by atoms with Gasteiger partial charge in [0.25, 0.3) is 0 Å². The summed E-state index contributed by atoms with van der Waals surface area (Å²) in [6, 6.07) is 4.85. The molecule has 4 heterocycles. The number of ketones is 1. The predicted molar refractivity (Wildman–Crippen MR) is 165 cm³/mol. The number of carbonyl (C=O) groups excluding carboxylic acids is 1. The Labute approximate surface area is 254 Å². The molecule has 7 aliphatic rings. The standard InChI is InChI=1S/C37H45NO5/c1-31(2)18-24-21-16-26-22(13-19(21)14-25(24)32(3,4)42-31)23-15-20-9-10-36(40)28-17-27(39)30-33(5,6)43-37(28,41-30)12-11-34(36,7)35(20,8)29(23)38-26/h13,16-18,20,25,30,38,40H,9-12,14-15H2,1-8H3/t20-,25-,30-,34+,35+,36+,37-/m1/s1. The molecule has 2 aromatic rings. The van der Waals surface area contributed by atoms with E-state index < -0.39 is 28.5 Å². The van der Waals surface area contributed by atoms with Gasteiger partial charge >= 0.3 is 0 Å². The summed E-state index contributed by atoms with van der Waals surface area (Å²) in [5.74, 6) is -0.330. The SMILES string of the molecule is CC1(C)C=C2c3cc4[nH]c5c(c4cc3C[C@H]2C(C)(C)O1)C[C@H]1CC[C@]2(O)C3=CC(=O)[C@H]4O[C@]3(CC[C@@]2(C)[C@]51C)OC4(C)C. The van der Waals surface area contributed by atoms with Gasteiger partial charge in [-0.15, -0.1) is 0 Å². The highest BCUT2D eigenvalue weighted by Crippen LogP contribution is 2.72. The molecule has 2 N–H and O–H groups in total. The minimum atomic E-state index is -1.20. The van der Waals surface area contributed by atoms with Gasteiger partial charge in [0.15, 0.2) is 17.7 Å². The number of aromatic amines is 1. The Morgan fingerprint density at radius 2 is 1.70 bits per heavy atom. The summed E-state index contributed by atoms with van der Waals surface area (Å²) in [4.78, 5) is 17.3. The molecule has 2 bridgehead atoms. The number of rotatable bonds is 0. The number of hydrogen-bond donors (Lipinski definition) is 2. The van der Waals surface area contributed by atoms with Crippen LogP contribution < -0.4 is 0 Å². The monoisotopic (exact) mass is 583 g/mol. The van der Waals surface area contributed by atoms with Crippen LogP contribution in [0.1, 0.15) is 103 Å². The van der Waals surface area contributed by atoms with Crippen molar-refractivity contribution in [1.82, 2.24) is 4.98 Å². The van der Waals surface area contributed by atoms with Crippen molar-refractivity contribution in [3.63, 3.8) is 0 Å². The molecule has 2 saturated carbocycles. The van der Waals surface area contributed by atoms with Gasteiger partial charge in [-0.2, -0.15) is 0 Å². The molecule has 6 heteroatoms. The van der Waals surface area contributed by atoms with Crippen LogP contribution in [0.2, 0.25) is 0 Å². The van der Waals surface area contributed by atoms with Crippen molar-refractivity contribution in [2.24, 2.45) is 17.3 Å². The maximum absolute atomic E-state index is 13.3. The van der Waals surface area contributed by atoms with E-state index in [1.54, 1.807) is 6.08 Å². The van der Waals surface area contributed by atoms with Crippen LogP contribution in [0.5, 0.6) is 0 Å². The lowest BCUT2D eigenvalue weighted by Gasteiger charge is -2.65. The first kappa shape index (κ1) is 27.1. The molecule has 1 saturated heterocycles. The molecule has 4 aliphatic carbocycles. The van der Waals surface area contributed by atoms with E-state index in [4.69, 9.17) is 14.2 Å². The Hall–Kier alpha value is -2.25. The second-order valence-electron chi connectivity index (χ2n) is 16.9. The number of carbonyl (C=O) groups is 1. The van der Waals surface area contributed by atoms with Crippen molar-refractivity contribution in [3.8, 4) is 0 Å². The molecule has 1 aromatic carbocycles. The maximum Gasteiger partial charge on any atom is 0.195 e. The first-order chi connectivity index (χ1) is 19.9. The number of ether oxygens (including phenoxy) is 3. The fraction of sp³-hybridized carbons (Fsp3) is 0.649. The van der Waals surface area contributed by atoms with Gasteiger partial charge in [0.05, 0.1) is 16.8 Å². The van der Waals surface area contributed by atoms with Crippen LogP contribution in [-0.2, 0) is 37.3 Å². The third-order valence-corrected chi connectivity index (χ3v) is 13.5. The van der Waals surface area contributed by atoms with Gasteiger partial charge in [0, 0.05) is 45.3 Å². The Balaban J connectivity index is 1.18. The van der Waals surface area contributed by atoms with Crippen molar-refractivity contribution >= 4 is 22.3 Å². The van der Waals surface area contributed by atoms with Crippen LogP contribution >= 0.6 is 0 Å². The van der Waals surface area contributed by atoms with E-state index in [1.807, 2.05) is 13.8 Å². The zero-order valence-corrected chi connectivity index (χ0v) is 26.9. The first-order valence-electron chi connectivity index (χ1n) is 16.4. The number of aromatic nitrogens is 1. The van der Waals surface area contributed by atoms with Crippen LogP contribution in [0.15, 0.2) is 29.9 Å². The van der Waals surface area contributed by atoms with Gasteiger partial charge < -0.3 is 24.3 Å². The Kier molecular flexibility index (Phi) is 4.67. The highest BCUT2D eigenvalue weighted by atomic mass is 16.8. The van der Waals surface area contributed by atoms with E-state index in [0.717, 1.165) is 25.7 Å². The second-order valence-corrected chi connectivity index (χ2v) is 16.9. The van der Waals surface area contributed by atoms with Crippen molar-refractivity contribution in [3.05, 3.63) is 52.2 Å². The zero-order chi connectivity index (χ0) is 30.3. The molecule has 43 heavy (non-hydrogen) atoms. The molecule has 1 spiro atoms. The minimum absolute atomic E-state index is 0.0857. The molecule has 0 amide bonds. The number of nitrogens with one attached hydrogen (secondary N) is 1. The number of H-pyrrole nitrogens is 1. The lowest BCUT2D eigenvalue weighted by molar-refractivity contribution is -0.247. The summed E-state index contributed by atoms with van der Waals surface area (Å²) < 4.78 is 19.5. The summed E-state index contributed by atoms with van der Waals surface area (Å²) in [5.41, 5.74) is 5.50. The van der Waals surface area contributed by atoms with Gasteiger partial charge in [0.2, 0.25) is 0 Å². The van der Waals surface area contributed by atoms with Gasteiger partial charge in [-0.1, -0.05) is 13.8 Å². The Morgan fingerprint density at radius 3 is 2.47 bits per heavy atom. The van der Waals surface area contributed by atoms with Crippen molar-refractivity contribution < 1.29 is 24.1 Å². The molecule has 0 unspecified atom stereocenters. The molecule has 228 valence electrons. The highest BCUT2D eigenvalue weighted by Gasteiger charge is 2.75. The number of hydrogen-bond acceptors (Lipinski definition) is 5. The van der Waals surface area contributed by atoms with Crippen molar-refractivity contribution in [2.45, 2.75) is 134 Å². The molecule has 1 aromatic heterocycles. The molecular weight excluding hydrogens is 538 g/mol. The summed E-state index contributed by atoms with van der Waals surface area (Å²) in [6.45, 7) is 17.3. The maximum atomic E-state index is 13.3. The minimum Gasteiger partial charge on any atom is -0.385 e. The quantitative estimate of drug-likeness (QED) is 0.372. The summed E-state index contributed by atoms with van der Waals surface area (Å²) in [6.07, 6.45) is 8.34. The average molecular weight is 584 g/mol. The molecule has 0 radical (unpaired) electrons. The Bertz CT molecular complexity index is 1740. The van der Waals surface area contributed by atoms with E-state index in [1.165, 1.54) is 38.9 Å². The third-order valence-electron chi connectivity index (χ3n) is 13.5. The van der Waals surface area contributed by atoms with Crippen molar-refractivity contribution in [2.75, 3.05) is 0 Å². The van der Waals surface area contributed by atoms with Crippen molar-refractivity contribution in [1.29, 1.82) is 0 Å².